The van der Waals surface area contributed by atoms with Crippen molar-refractivity contribution in [3.05, 3.63) is 23.8 Å². The van der Waals surface area contributed by atoms with Crippen molar-refractivity contribution in [1.82, 2.24) is 0 Å². The fraction of sp³-hybridized carbons (Fsp3) is 0.222. The standard InChI is InChI=1S/C9H7BF3OS.K/c11-10(12,13)6-1-2-9-7(5-6)8(14)3-4-15-9;/h1-2,5H,3-4H2;/q-1;+1. The molecule has 0 aliphatic carbocycles. The van der Waals surface area contributed by atoms with Crippen molar-refractivity contribution < 1.29 is 69.1 Å². The summed E-state index contributed by atoms with van der Waals surface area (Å²) in [5.74, 6) is 0.466. The van der Waals surface area contributed by atoms with Gasteiger partial charge in [-0.25, -0.2) is 0 Å². The van der Waals surface area contributed by atoms with Gasteiger partial charge in [-0.15, -0.1) is 17.2 Å². The molecule has 2 rings (SSSR count). The van der Waals surface area contributed by atoms with Crippen LogP contribution in [0.15, 0.2) is 23.1 Å². The molecule has 0 spiro atoms. The smallest absolute Gasteiger partial charge is 0.445 e. The maximum absolute atomic E-state index is 12.4. The molecule has 1 aromatic rings. The number of hydrogen-bond donors (Lipinski definition) is 0. The van der Waals surface area contributed by atoms with Gasteiger partial charge in [-0.05, 0) is 0 Å². The van der Waals surface area contributed by atoms with Gasteiger partial charge >= 0.3 is 58.4 Å². The van der Waals surface area contributed by atoms with Crippen LogP contribution >= 0.6 is 11.8 Å². The first-order chi connectivity index (χ1) is 6.98. The summed E-state index contributed by atoms with van der Waals surface area (Å²) in [5, 5.41) is 0. The third kappa shape index (κ3) is 3.14. The summed E-state index contributed by atoms with van der Waals surface area (Å²) in [5.41, 5.74) is -0.465. The summed E-state index contributed by atoms with van der Waals surface area (Å²) in [7, 11) is 0. The van der Waals surface area contributed by atoms with Crippen LogP contribution in [0.2, 0.25) is 0 Å². The van der Waals surface area contributed by atoms with E-state index in [0.29, 0.717) is 17.1 Å². The zero-order valence-electron chi connectivity index (χ0n) is 8.67. The maximum atomic E-state index is 12.4. The minimum atomic E-state index is -5.01. The molecule has 0 fully saturated rings. The van der Waals surface area contributed by atoms with Crippen LogP contribution in [0.3, 0.4) is 0 Å². The van der Waals surface area contributed by atoms with Gasteiger partial charge in [0.05, 0.1) is 0 Å². The van der Waals surface area contributed by atoms with Crippen molar-refractivity contribution in [2.75, 3.05) is 5.75 Å². The van der Waals surface area contributed by atoms with Gasteiger partial charge in [0, 0.05) is 22.6 Å². The van der Waals surface area contributed by atoms with Crippen molar-refractivity contribution in [2.45, 2.75) is 11.3 Å². The molecule has 80 valence electrons. The van der Waals surface area contributed by atoms with E-state index in [1.807, 2.05) is 0 Å². The molecule has 0 N–H and O–H groups in total. The van der Waals surface area contributed by atoms with E-state index in [-0.39, 0.29) is 62.7 Å². The molecular formula is C9H7BF3KOS. The van der Waals surface area contributed by atoms with Crippen molar-refractivity contribution in [2.24, 2.45) is 0 Å². The van der Waals surface area contributed by atoms with E-state index in [1.165, 1.54) is 17.8 Å². The Kier molecular flexibility index (Phi) is 5.16. The SMILES string of the molecule is O=C1CCSc2ccc([B-](F)(F)F)cc21.[K+]. The molecule has 0 unspecified atom stereocenters. The third-order valence-corrected chi connectivity index (χ3v) is 3.34. The summed E-state index contributed by atoms with van der Waals surface area (Å²) < 4.78 is 37.3. The van der Waals surface area contributed by atoms with E-state index in [1.54, 1.807) is 0 Å². The Morgan fingerprint density at radius 3 is 2.56 bits per heavy atom. The minimum Gasteiger partial charge on any atom is -0.445 e. The summed E-state index contributed by atoms with van der Waals surface area (Å²) in [6.07, 6.45) is 0.325. The average molecular weight is 270 g/mol. The van der Waals surface area contributed by atoms with Crippen molar-refractivity contribution in [3.63, 3.8) is 0 Å². The Hall–Kier alpha value is 0.731. The van der Waals surface area contributed by atoms with Crippen LogP contribution in [-0.4, -0.2) is 18.5 Å². The molecule has 1 aromatic carbocycles. The Labute approximate surface area is 138 Å². The number of fused-ring (bicyclic) bond motifs is 1. The molecule has 7 heteroatoms. The number of rotatable bonds is 1. The van der Waals surface area contributed by atoms with Gasteiger partial charge in [-0.1, -0.05) is 18.2 Å². The second-order valence-corrected chi connectivity index (χ2v) is 4.49. The number of halogens is 3. The van der Waals surface area contributed by atoms with Crippen molar-refractivity contribution in [1.29, 1.82) is 0 Å². The van der Waals surface area contributed by atoms with Crippen LogP contribution < -0.4 is 56.8 Å². The topological polar surface area (TPSA) is 17.1 Å². The second-order valence-electron chi connectivity index (χ2n) is 3.35. The number of hydrogen-bond acceptors (Lipinski definition) is 2. The molecule has 1 aliphatic heterocycles. The molecule has 1 heterocycles. The molecule has 1 nitrogen and oxygen atoms in total. The predicted octanol–water partition coefficient (Wildman–Crippen LogP) is -0.577. The normalized spacial score (nSPS) is 15.3. The Balaban J connectivity index is 0.00000128. The maximum Gasteiger partial charge on any atom is 1.00 e. The molecule has 1 aliphatic rings. The Morgan fingerprint density at radius 1 is 1.25 bits per heavy atom. The minimum absolute atomic E-state index is 0. The first-order valence-corrected chi connectivity index (χ1v) is 5.47. The molecule has 0 bridgehead atoms. The molecule has 0 amide bonds. The van der Waals surface area contributed by atoms with Crippen LogP contribution in [0.25, 0.3) is 0 Å². The van der Waals surface area contributed by atoms with E-state index in [2.05, 4.69) is 0 Å². The summed E-state index contributed by atoms with van der Waals surface area (Å²) >= 11 is 1.43. The van der Waals surface area contributed by atoms with Gasteiger partial charge in [-0.3, -0.25) is 4.79 Å². The second kappa shape index (κ2) is 5.58. The molecule has 0 aromatic heterocycles. The van der Waals surface area contributed by atoms with Crippen molar-refractivity contribution >= 4 is 30.0 Å². The fourth-order valence-corrected chi connectivity index (χ4v) is 2.48. The van der Waals surface area contributed by atoms with Crippen LogP contribution in [0.4, 0.5) is 12.9 Å². The third-order valence-electron chi connectivity index (χ3n) is 2.27. The van der Waals surface area contributed by atoms with Crippen LogP contribution in [0.1, 0.15) is 16.8 Å². The molecular weight excluding hydrogens is 263 g/mol. The summed E-state index contributed by atoms with van der Waals surface area (Å²) in [4.78, 5) is 12.1. The molecule has 16 heavy (non-hydrogen) atoms. The number of ketones is 1. The van der Waals surface area contributed by atoms with E-state index in [9.17, 15) is 17.7 Å². The van der Waals surface area contributed by atoms with E-state index >= 15 is 0 Å². The number of carbonyl (C=O) groups is 1. The fourth-order valence-electron chi connectivity index (χ4n) is 1.48. The monoisotopic (exact) mass is 270 g/mol. The van der Waals surface area contributed by atoms with E-state index in [4.69, 9.17) is 0 Å². The van der Waals surface area contributed by atoms with Gasteiger partial charge in [0.15, 0.2) is 5.78 Å². The largest absolute Gasteiger partial charge is 1.00 e. The van der Waals surface area contributed by atoms with E-state index < -0.39 is 12.4 Å². The first-order valence-electron chi connectivity index (χ1n) is 4.48. The summed E-state index contributed by atoms with van der Waals surface area (Å²) in [6.45, 7) is -5.01. The average Bonchev–Trinajstić information content (AvgIpc) is 2.16. The van der Waals surface area contributed by atoms with Gasteiger partial charge in [-0.2, -0.15) is 0 Å². The zero-order chi connectivity index (χ0) is 11.1. The quantitative estimate of drug-likeness (QED) is 0.635. The van der Waals surface area contributed by atoms with Gasteiger partial charge in [0.2, 0.25) is 0 Å². The first kappa shape index (κ1) is 14.8. The number of thioether (sulfide) groups is 1. The molecule has 0 atom stereocenters. The molecule has 0 saturated heterocycles. The van der Waals surface area contributed by atoms with Crippen LogP contribution in [0, 0.1) is 0 Å². The van der Waals surface area contributed by atoms with Gasteiger partial charge in [0.1, 0.15) is 0 Å². The predicted molar refractivity (Wildman–Crippen MR) is 54.8 cm³/mol. The zero-order valence-corrected chi connectivity index (χ0v) is 12.6. The molecule has 0 radical (unpaired) electrons. The van der Waals surface area contributed by atoms with Gasteiger partial charge in [0.25, 0.3) is 0 Å². The number of carbonyl (C=O) groups excluding carboxylic acids is 1. The summed E-state index contributed by atoms with van der Waals surface area (Å²) in [6, 6.07) is 3.41. The van der Waals surface area contributed by atoms with Crippen LogP contribution in [0.5, 0.6) is 0 Å². The Morgan fingerprint density at radius 2 is 1.94 bits per heavy atom. The van der Waals surface area contributed by atoms with Crippen molar-refractivity contribution in [3.8, 4) is 0 Å². The van der Waals surface area contributed by atoms with Crippen LogP contribution in [-0.2, 0) is 0 Å². The number of Topliss-reactive ketones (excluding diaryl/α,β-unsaturated/α-hetero) is 1. The molecule has 0 saturated carbocycles. The Bertz CT molecular complexity index is 422. The number of benzene rings is 1. The van der Waals surface area contributed by atoms with E-state index in [0.717, 1.165) is 12.1 Å². The van der Waals surface area contributed by atoms with Gasteiger partial charge < -0.3 is 12.9 Å².